The quantitative estimate of drug-likeness (QED) is 0.622. The molecule has 0 aliphatic carbocycles. The van der Waals surface area contributed by atoms with Gasteiger partial charge in [-0.25, -0.2) is 0 Å². The molecule has 0 fully saturated rings. The molecule has 6 heteroatoms. The average molecular weight is 402 g/mol. The summed E-state index contributed by atoms with van der Waals surface area (Å²) in [7, 11) is 1.67. The largest absolute Gasteiger partial charge is 0.497 e. The normalized spacial score (nSPS) is 13.9. The summed E-state index contributed by atoms with van der Waals surface area (Å²) in [4.78, 5) is 2.20. The van der Waals surface area contributed by atoms with Gasteiger partial charge in [0.05, 0.1) is 19.8 Å². The van der Waals surface area contributed by atoms with Gasteiger partial charge in [-0.3, -0.25) is 4.90 Å². The van der Waals surface area contributed by atoms with Crippen molar-refractivity contribution in [2.75, 3.05) is 33.7 Å². The van der Waals surface area contributed by atoms with Gasteiger partial charge in [-0.15, -0.1) is 0 Å². The van der Waals surface area contributed by atoms with E-state index in [0.29, 0.717) is 38.8 Å². The summed E-state index contributed by atoms with van der Waals surface area (Å²) in [6, 6.07) is 14.0. The minimum Gasteiger partial charge on any atom is -0.497 e. The average Bonchev–Trinajstić information content (AvgIpc) is 3.15. The van der Waals surface area contributed by atoms with Crippen molar-refractivity contribution < 1.29 is 24.1 Å². The van der Waals surface area contributed by atoms with Crippen molar-refractivity contribution in [2.24, 2.45) is 5.92 Å². The van der Waals surface area contributed by atoms with Crippen LogP contribution in [0.2, 0.25) is 0 Å². The van der Waals surface area contributed by atoms with Crippen LogP contribution < -0.4 is 14.2 Å². The molecule has 3 rings (SSSR count). The number of nitrogens with zero attached hydrogens (tertiary/aromatic N) is 1. The number of ether oxygens (including phenoxy) is 4. The SMILES string of the molecule is COc1cccc(CN(Cc2ccc3c(c2)OCO3)CC(O)COCC(C)C)c1. The van der Waals surface area contributed by atoms with E-state index in [0.717, 1.165) is 28.4 Å². The van der Waals surface area contributed by atoms with E-state index in [1.54, 1.807) is 7.11 Å². The van der Waals surface area contributed by atoms with Crippen molar-refractivity contribution >= 4 is 0 Å². The predicted octanol–water partition coefficient (Wildman–Crippen LogP) is 3.46. The monoisotopic (exact) mass is 401 g/mol. The van der Waals surface area contributed by atoms with Gasteiger partial charge in [0.25, 0.3) is 0 Å². The lowest BCUT2D eigenvalue weighted by atomic mass is 10.1. The van der Waals surface area contributed by atoms with Crippen molar-refractivity contribution in [1.29, 1.82) is 0 Å². The first-order chi connectivity index (χ1) is 14.0. The summed E-state index contributed by atoms with van der Waals surface area (Å²) in [6.45, 7) is 7.30. The van der Waals surface area contributed by atoms with Crippen LogP contribution in [0.1, 0.15) is 25.0 Å². The lowest BCUT2D eigenvalue weighted by molar-refractivity contribution is 0.00553. The molecule has 0 bridgehead atoms. The topological polar surface area (TPSA) is 60.4 Å². The first-order valence-corrected chi connectivity index (χ1v) is 10.0. The molecular weight excluding hydrogens is 370 g/mol. The number of benzene rings is 2. The van der Waals surface area contributed by atoms with Crippen molar-refractivity contribution in [3.05, 3.63) is 53.6 Å². The maximum absolute atomic E-state index is 10.5. The zero-order valence-corrected chi connectivity index (χ0v) is 17.5. The van der Waals surface area contributed by atoms with E-state index in [1.807, 2.05) is 36.4 Å². The highest BCUT2D eigenvalue weighted by Crippen LogP contribution is 2.33. The van der Waals surface area contributed by atoms with Gasteiger partial charge >= 0.3 is 0 Å². The molecule has 0 radical (unpaired) electrons. The Hall–Kier alpha value is -2.28. The Morgan fingerprint density at radius 1 is 1.00 bits per heavy atom. The highest BCUT2D eigenvalue weighted by molar-refractivity contribution is 5.44. The summed E-state index contributed by atoms with van der Waals surface area (Å²) in [6.07, 6.45) is -0.562. The highest BCUT2D eigenvalue weighted by Gasteiger charge is 2.17. The first kappa shape index (κ1) is 21.4. The van der Waals surface area contributed by atoms with Crippen molar-refractivity contribution in [3.63, 3.8) is 0 Å². The first-order valence-electron chi connectivity index (χ1n) is 10.0. The molecule has 2 aromatic carbocycles. The van der Waals surface area contributed by atoms with E-state index in [1.165, 1.54) is 0 Å². The summed E-state index contributed by atoms with van der Waals surface area (Å²) in [5.74, 6) is 2.81. The fourth-order valence-electron chi connectivity index (χ4n) is 3.30. The van der Waals surface area contributed by atoms with Crippen molar-refractivity contribution in [1.82, 2.24) is 4.90 Å². The van der Waals surface area contributed by atoms with Crippen LogP contribution in [0.3, 0.4) is 0 Å². The van der Waals surface area contributed by atoms with Crippen LogP contribution in [-0.4, -0.2) is 49.8 Å². The van der Waals surface area contributed by atoms with Crippen molar-refractivity contribution in [2.45, 2.75) is 33.0 Å². The van der Waals surface area contributed by atoms with E-state index in [9.17, 15) is 5.11 Å². The van der Waals surface area contributed by atoms with Gasteiger partial charge in [-0.1, -0.05) is 32.0 Å². The molecule has 6 nitrogen and oxygen atoms in total. The summed E-state index contributed by atoms with van der Waals surface area (Å²) < 4.78 is 21.9. The zero-order valence-electron chi connectivity index (χ0n) is 17.5. The summed E-state index contributed by atoms with van der Waals surface area (Å²) >= 11 is 0. The third-order valence-electron chi connectivity index (χ3n) is 4.61. The number of fused-ring (bicyclic) bond motifs is 1. The van der Waals surface area contributed by atoms with Crippen LogP contribution in [0, 0.1) is 5.92 Å². The number of hydrogen-bond acceptors (Lipinski definition) is 6. The molecule has 1 heterocycles. The van der Waals surface area contributed by atoms with Crippen LogP contribution in [0.15, 0.2) is 42.5 Å². The van der Waals surface area contributed by atoms with Crippen LogP contribution in [0.5, 0.6) is 17.2 Å². The minimum atomic E-state index is -0.562. The second kappa shape index (κ2) is 10.5. The molecule has 0 aromatic heterocycles. The third-order valence-corrected chi connectivity index (χ3v) is 4.61. The summed E-state index contributed by atoms with van der Waals surface area (Å²) in [5.41, 5.74) is 2.23. The Balaban J connectivity index is 1.68. The number of aliphatic hydroxyl groups is 1. The van der Waals surface area contributed by atoms with Crippen molar-refractivity contribution in [3.8, 4) is 17.2 Å². The van der Waals surface area contributed by atoms with E-state index in [4.69, 9.17) is 18.9 Å². The third kappa shape index (κ3) is 6.63. The maximum atomic E-state index is 10.5. The Morgan fingerprint density at radius 2 is 1.76 bits per heavy atom. The number of hydrogen-bond donors (Lipinski definition) is 1. The Labute approximate surface area is 173 Å². The highest BCUT2D eigenvalue weighted by atomic mass is 16.7. The Morgan fingerprint density at radius 3 is 2.52 bits per heavy atom. The van der Waals surface area contributed by atoms with Gasteiger partial charge < -0.3 is 24.1 Å². The Bertz CT molecular complexity index is 780. The molecule has 29 heavy (non-hydrogen) atoms. The van der Waals surface area contributed by atoms with Crippen LogP contribution in [-0.2, 0) is 17.8 Å². The van der Waals surface area contributed by atoms with Gasteiger partial charge in [0.1, 0.15) is 5.75 Å². The molecule has 0 spiro atoms. The molecule has 1 unspecified atom stereocenters. The predicted molar refractivity (Wildman–Crippen MR) is 111 cm³/mol. The van der Waals surface area contributed by atoms with Gasteiger partial charge in [0, 0.05) is 26.2 Å². The minimum absolute atomic E-state index is 0.262. The molecule has 158 valence electrons. The van der Waals surface area contributed by atoms with E-state index >= 15 is 0 Å². The standard InChI is InChI=1S/C23H31NO5/c1-17(2)14-27-15-20(25)13-24(11-18-5-4-6-21(9-18)26-3)12-19-7-8-22-23(10-19)29-16-28-22/h4-10,17,20,25H,11-16H2,1-3H3. The number of rotatable bonds is 11. The smallest absolute Gasteiger partial charge is 0.231 e. The number of methoxy groups -OCH3 is 1. The number of aliphatic hydroxyl groups excluding tert-OH is 1. The van der Waals surface area contributed by atoms with E-state index in [-0.39, 0.29) is 6.79 Å². The Kier molecular flexibility index (Phi) is 7.75. The molecule has 1 aliphatic rings. The molecule has 2 aromatic rings. The second-order valence-electron chi connectivity index (χ2n) is 7.79. The van der Waals surface area contributed by atoms with Gasteiger partial charge in [0.2, 0.25) is 6.79 Å². The summed E-state index contributed by atoms with van der Waals surface area (Å²) in [5, 5.41) is 10.5. The van der Waals surface area contributed by atoms with Crippen LogP contribution in [0.4, 0.5) is 0 Å². The van der Waals surface area contributed by atoms with E-state index < -0.39 is 6.10 Å². The van der Waals surface area contributed by atoms with Gasteiger partial charge in [-0.2, -0.15) is 0 Å². The molecule has 0 amide bonds. The molecular formula is C23H31NO5. The van der Waals surface area contributed by atoms with Crippen LogP contribution in [0.25, 0.3) is 0 Å². The van der Waals surface area contributed by atoms with Gasteiger partial charge in [-0.05, 0) is 41.3 Å². The fraction of sp³-hybridized carbons (Fsp3) is 0.478. The molecule has 1 N–H and O–H groups in total. The van der Waals surface area contributed by atoms with Gasteiger partial charge in [0.15, 0.2) is 11.5 Å². The zero-order chi connectivity index (χ0) is 20.6. The second-order valence-corrected chi connectivity index (χ2v) is 7.79. The fourth-order valence-corrected chi connectivity index (χ4v) is 3.30. The molecule has 0 saturated heterocycles. The molecule has 0 saturated carbocycles. The molecule has 1 atom stereocenters. The maximum Gasteiger partial charge on any atom is 0.231 e. The lowest BCUT2D eigenvalue weighted by Crippen LogP contribution is -2.34. The molecule has 1 aliphatic heterocycles. The van der Waals surface area contributed by atoms with E-state index in [2.05, 4.69) is 24.8 Å². The van der Waals surface area contributed by atoms with Crippen LogP contribution >= 0.6 is 0 Å². The lowest BCUT2D eigenvalue weighted by Gasteiger charge is -2.26.